The Hall–Kier alpha value is -0.450. The molecule has 1 aromatic rings. The first kappa shape index (κ1) is 14.0. The number of nitrogens with one attached hydrogen (secondary N) is 1. The summed E-state index contributed by atoms with van der Waals surface area (Å²) in [5, 5.41) is 3.42. The molecule has 0 spiro atoms. The van der Waals surface area contributed by atoms with Gasteiger partial charge in [0, 0.05) is 26.2 Å². The molecule has 0 aliphatic carbocycles. The molecular weight excluding hydrogens is 290 g/mol. The van der Waals surface area contributed by atoms with Gasteiger partial charge >= 0.3 is 0 Å². The van der Waals surface area contributed by atoms with Crippen molar-refractivity contribution >= 4 is 15.9 Å². The summed E-state index contributed by atoms with van der Waals surface area (Å²) in [6.07, 6.45) is 1.18. The number of nitrogens with zero attached hydrogens (tertiary/aromatic N) is 2. The Kier molecular flexibility index (Phi) is 5.15. The molecule has 100 valence electrons. The lowest BCUT2D eigenvalue weighted by molar-refractivity contribution is 0.125. The highest BCUT2D eigenvalue weighted by molar-refractivity contribution is 9.10. The molecule has 4 heteroatoms. The van der Waals surface area contributed by atoms with Gasteiger partial charge in [0.25, 0.3) is 0 Å². The summed E-state index contributed by atoms with van der Waals surface area (Å²) in [5.41, 5.74) is 1.20. The van der Waals surface area contributed by atoms with Crippen LogP contribution in [0.4, 0.5) is 0 Å². The van der Waals surface area contributed by atoms with Crippen molar-refractivity contribution in [2.45, 2.75) is 26.3 Å². The quantitative estimate of drug-likeness (QED) is 0.867. The topological polar surface area (TPSA) is 28.2 Å². The highest BCUT2D eigenvalue weighted by atomic mass is 79.9. The Morgan fingerprint density at radius 3 is 2.72 bits per heavy atom. The van der Waals surface area contributed by atoms with Crippen molar-refractivity contribution in [2.75, 3.05) is 26.2 Å². The van der Waals surface area contributed by atoms with Crippen LogP contribution in [0, 0.1) is 5.92 Å². The standard InChI is InChI=1S/C14H22BrN3/c1-3-11(2)14(18-9-7-16-8-10-18)12-5-4-6-13(15)17-12/h4-6,11,14,16H,3,7-10H2,1-2H3/t11?,14-/m0/s1. The van der Waals surface area contributed by atoms with E-state index in [4.69, 9.17) is 0 Å². The zero-order valence-electron chi connectivity index (χ0n) is 11.2. The SMILES string of the molecule is CCC(C)[C@@H](c1cccc(Br)n1)N1CCNCC1. The molecule has 1 aromatic heterocycles. The Morgan fingerprint density at radius 1 is 1.39 bits per heavy atom. The van der Waals surface area contributed by atoms with Crippen LogP contribution < -0.4 is 5.32 Å². The van der Waals surface area contributed by atoms with Gasteiger partial charge in [-0.2, -0.15) is 0 Å². The predicted molar refractivity (Wildman–Crippen MR) is 78.6 cm³/mol. The smallest absolute Gasteiger partial charge is 0.106 e. The maximum Gasteiger partial charge on any atom is 0.106 e. The predicted octanol–water partition coefficient (Wildman–Crippen LogP) is 2.84. The lowest BCUT2D eigenvalue weighted by atomic mass is 9.94. The number of hydrogen-bond acceptors (Lipinski definition) is 3. The summed E-state index contributed by atoms with van der Waals surface area (Å²) >= 11 is 3.48. The lowest BCUT2D eigenvalue weighted by Gasteiger charge is -2.37. The van der Waals surface area contributed by atoms with E-state index in [1.165, 1.54) is 12.1 Å². The molecule has 2 atom stereocenters. The van der Waals surface area contributed by atoms with Crippen LogP contribution in [0.3, 0.4) is 0 Å². The fourth-order valence-corrected chi connectivity index (χ4v) is 2.97. The van der Waals surface area contributed by atoms with E-state index in [1.807, 2.05) is 6.07 Å². The van der Waals surface area contributed by atoms with Gasteiger partial charge in [0.15, 0.2) is 0 Å². The molecule has 0 saturated carbocycles. The van der Waals surface area contributed by atoms with Gasteiger partial charge in [0.1, 0.15) is 4.60 Å². The minimum atomic E-state index is 0.439. The summed E-state index contributed by atoms with van der Waals surface area (Å²) in [6.45, 7) is 8.99. The van der Waals surface area contributed by atoms with Gasteiger partial charge in [0.05, 0.1) is 11.7 Å². The van der Waals surface area contributed by atoms with E-state index < -0.39 is 0 Å². The van der Waals surface area contributed by atoms with Gasteiger partial charge in [-0.1, -0.05) is 26.3 Å². The minimum Gasteiger partial charge on any atom is -0.314 e. The van der Waals surface area contributed by atoms with Crippen molar-refractivity contribution in [1.29, 1.82) is 0 Å². The maximum absolute atomic E-state index is 4.67. The van der Waals surface area contributed by atoms with Crippen molar-refractivity contribution in [2.24, 2.45) is 5.92 Å². The minimum absolute atomic E-state index is 0.439. The van der Waals surface area contributed by atoms with Crippen molar-refractivity contribution in [3.63, 3.8) is 0 Å². The third kappa shape index (κ3) is 3.31. The van der Waals surface area contributed by atoms with Crippen molar-refractivity contribution in [3.05, 3.63) is 28.5 Å². The van der Waals surface area contributed by atoms with Gasteiger partial charge in [-0.25, -0.2) is 4.98 Å². The molecule has 2 rings (SSSR count). The second-order valence-electron chi connectivity index (χ2n) is 5.00. The number of hydrogen-bond donors (Lipinski definition) is 1. The van der Waals surface area contributed by atoms with Gasteiger partial charge in [-0.15, -0.1) is 0 Å². The van der Waals surface area contributed by atoms with E-state index in [0.717, 1.165) is 30.8 Å². The molecule has 0 bridgehead atoms. The highest BCUT2D eigenvalue weighted by Gasteiger charge is 2.27. The molecular formula is C14H22BrN3. The fraction of sp³-hybridized carbons (Fsp3) is 0.643. The third-order valence-corrected chi connectivity index (χ3v) is 4.21. The van der Waals surface area contributed by atoms with Crippen LogP contribution in [0.1, 0.15) is 32.0 Å². The number of rotatable bonds is 4. The van der Waals surface area contributed by atoms with E-state index in [1.54, 1.807) is 0 Å². The Labute approximate surface area is 118 Å². The van der Waals surface area contributed by atoms with Crippen molar-refractivity contribution in [1.82, 2.24) is 15.2 Å². The van der Waals surface area contributed by atoms with Gasteiger partial charge in [-0.3, -0.25) is 4.90 Å². The third-order valence-electron chi connectivity index (χ3n) is 3.77. The molecule has 1 saturated heterocycles. The van der Waals surface area contributed by atoms with Crippen LogP contribution in [-0.4, -0.2) is 36.1 Å². The first-order valence-corrected chi connectivity index (χ1v) is 7.59. The van der Waals surface area contributed by atoms with Crippen LogP contribution in [0.2, 0.25) is 0 Å². The lowest BCUT2D eigenvalue weighted by Crippen LogP contribution is -2.46. The summed E-state index contributed by atoms with van der Waals surface area (Å²) in [4.78, 5) is 7.24. The molecule has 0 aromatic carbocycles. The van der Waals surface area contributed by atoms with Crippen LogP contribution in [0.5, 0.6) is 0 Å². The zero-order valence-corrected chi connectivity index (χ0v) is 12.8. The second kappa shape index (κ2) is 6.64. The Balaban J connectivity index is 2.23. The van der Waals surface area contributed by atoms with E-state index in [-0.39, 0.29) is 0 Å². The molecule has 18 heavy (non-hydrogen) atoms. The Bertz CT molecular complexity index is 377. The first-order valence-electron chi connectivity index (χ1n) is 6.79. The number of pyridine rings is 1. The van der Waals surface area contributed by atoms with E-state index in [0.29, 0.717) is 12.0 Å². The molecule has 1 N–H and O–H groups in total. The highest BCUT2D eigenvalue weighted by Crippen LogP contribution is 2.30. The summed E-state index contributed by atoms with van der Waals surface area (Å²) in [6, 6.07) is 6.68. The maximum atomic E-state index is 4.67. The number of halogens is 1. The zero-order chi connectivity index (χ0) is 13.0. The average molecular weight is 312 g/mol. The molecule has 3 nitrogen and oxygen atoms in total. The van der Waals surface area contributed by atoms with Crippen LogP contribution in [0.25, 0.3) is 0 Å². The van der Waals surface area contributed by atoms with Crippen molar-refractivity contribution in [3.8, 4) is 0 Å². The molecule has 2 heterocycles. The Morgan fingerprint density at radius 2 is 2.11 bits per heavy atom. The van der Waals surface area contributed by atoms with Gasteiger partial charge < -0.3 is 5.32 Å². The van der Waals surface area contributed by atoms with Crippen LogP contribution in [-0.2, 0) is 0 Å². The number of piperazine rings is 1. The molecule has 1 aliphatic rings. The molecule has 0 amide bonds. The molecule has 1 fully saturated rings. The summed E-state index contributed by atoms with van der Waals surface area (Å²) < 4.78 is 0.934. The normalized spacial score (nSPS) is 20.6. The summed E-state index contributed by atoms with van der Waals surface area (Å²) in [5.74, 6) is 0.630. The van der Waals surface area contributed by atoms with Crippen LogP contribution in [0.15, 0.2) is 22.8 Å². The monoisotopic (exact) mass is 311 g/mol. The van der Waals surface area contributed by atoms with E-state index in [9.17, 15) is 0 Å². The fourth-order valence-electron chi connectivity index (χ4n) is 2.61. The second-order valence-corrected chi connectivity index (χ2v) is 5.81. The summed E-state index contributed by atoms with van der Waals surface area (Å²) in [7, 11) is 0. The van der Waals surface area contributed by atoms with Crippen LogP contribution >= 0.6 is 15.9 Å². The van der Waals surface area contributed by atoms with Crippen molar-refractivity contribution < 1.29 is 0 Å². The first-order chi connectivity index (χ1) is 8.72. The molecule has 0 radical (unpaired) electrons. The largest absolute Gasteiger partial charge is 0.314 e. The van der Waals surface area contributed by atoms with Gasteiger partial charge in [0.2, 0.25) is 0 Å². The van der Waals surface area contributed by atoms with E-state index >= 15 is 0 Å². The average Bonchev–Trinajstić information content (AvgIpc) is 2.40. The number of aromatic nitrogens is 1. The molecule has 1 aliphatic heterocycles. The van der Waals surface area contributed by atoms with Gasteiger partial charge in [-0.05, 0) is 34.0 Å². The van der Waals surface area contributed by atoms with E-state index in [2.05, 4.69) is 57.1 Å². The molecule has 1 unspecified atom stereocenters.